The molecule has 0 aliphatic heterocycles. The summed E-state index contributed by atoms with van der Waals surface area (Å²) in [5, 5.41) is 2.87. The van der Waals surface area contributed by atoms with E-state index in [1.165, 1.54) is 0 Å². The first-order valence-electron chi connectivity index (χ1n) is 5.34. The van der Waals surface area contributed by atoms with Crippen LogP contribution in [0.1, 0.15) is 30.6 Å². The lowest BCUT2D eigenvalue weighted by molar-refractivity contribution is 0.0952. The third-order valence-electron chi connectivity index (χ3n) is 2.27. The van der Waals surface area contributed by atoms with Crippen LogP contribution in [0.5, 0.6) is 0 Å². The van der Waals surface area contributed by atoms with Crippen molar-refractivity contribution in [3.05, 3.63) is 28.2 Å². The Morgan fingerprint density at radius 1 is 1.50 bits per heavy atom. The Bertz CT molecular complexity index is 377. The molecule has 1 rings (SSSR count). The van der Waals surface area contributed by atoms with Gasteiger partial charge < -0.3 is 11.1 Å². The van der Waals surface area contributed by atoms with Gasteiger partial charge in [0.2, 0.25) is 0 Å². The molecule has 0 unspecified atom stereocenters. The molecule has 0 heterocycles. The van der Waals surface area contributed by atoms with Gasteiger partial charge in [-0.05, 0) is 46.5 Å². The second-order valence-corrected chi connectivity index (χ2v) is 5.03. The summed E-state index contributed by atoms with van der Waals surface area (Å²) in [6.45, 7) is 4.96. The van der Waals surface area contributed by atoms with E-state index >= 15 is 0 Å². The first-order valence-corrected chi connectivity index (χ1v) is 6.13. The van der Waals surface area contributed by atoms with Crippen LogP contribution < -0.4 is 11.1 Å². The molecule has 1 aromatic rings. The van der Waals surface area contributed by atoms with Gasteiger partial charge in [0.15, 0.2) is 0 Å². The molecular formula is C12H17BrN2O. The van der Waals surface area contributed by atoms with Crippen molar-refractivity contribution in [3.63, 3.8) is 0 Å². The van der Waals surface area contributed by atoms with E-state index in [1.807, 2.05) is 0 Å². The first-order chi connectivity index (χ1) is 7.50. The van der Waals surface area contributed by atoms with Crippen LogP contribution in [0.25, 0.3) is 0 Å². The van der Waals surface area contributed by atoms with Crippen LogP contribution in [0.15, 0.2) is 22.7 Å². The molecule has 0 fully saturated rings. The van der Waals surface area contributed by atoms with E-state index in [2.05, 4.69) is 35.1 Å². The second kappa shape index (κ2) is 5.89. The number of carbonyl (C=O) groups is 1. The highest BCUT2D eigenvalue weighted by Crippen LogP contribution is 2.20. The van der Waals surface area contributed by atoms with Crippen molar-refractivity contribution in [2.45, 2.75) is 20.3 Å². The molecule has 1 amide bonds. The normalized spacial score (nSPS) is 10.5. The van der Waals surface area contributed by atoms with Crippen LogP contribution in [-0.2, 0) is 0 Å². The zero-order valence-electron chi connectivity index (χ0n) is 9.59. The maximum Gasteiger partial charge on any atom is 0.251 e. The van der Waals surface area contributed by atoms with Gasteiger partial charge in [0, 0.05) is 22.3 Å². The van der Waals surface area contributed by atoms with Gasteiger partial charge in [-0.2, -0.15) is 0 Å². The minimum Gasteiger partial charge on any atom is -0.398 e. The molecule has 3 N–H and O–H groups in total. The van der Waals surface area contributed by atoms with E-state index in [-0.39, 0.29) is 5.91 Å². The third kappa shape index (κ3) is 3.85. The molecule has 0 radical (unpaired) electrons. The Morgan fingerprint density at radius 2 is 2.19 bits per heavy atom. The van der Waals surface area contributed by atoms with Gasteiger partial charge in [-0.25, -0.2) is 0 Å². The molecule has 0 aliphatic carbocycles. The molecule has 1 aromatic carbocycles. The van der Waals surface area contributed by atoms with Crippen LogP contribution in [0, 0.1) is 5.92 Å². The Balaban J connectivity index is 2.56. The summed E-state index contributed by atoms with van der Waals surface area (Å²) in [5.41, 5.74) is 6.89. The number of nitrogens with one attached hydrogen (secondary N) is 1. The number of halogens is 1. The number of hydrogen-bond donors (Lipinski definition) is 2. The Labute approximate surface area is 105 Å². The number of nitrogen functional groups attached to an aromatic ring is 1. The number of anilines is 1. The molecule has 3 nitrogen and oxygen atoms in total. The number of carbonyl (C=O) groups excluding carboxylic acids is 1. The standard InChI is InChI=1S/C12H17BrN2O/c1-8(2)5-6-15-12(16)9-3-4-10(13)11(14)7-9/h3-4,7-8H,5-6,14H2,1-2H3,(H,15,16). The minimum atomic E-state index is -0.0696. The Kier molecular flexibility index (Phi) is 4.80. The van der Waals surface area contributed by atoms with E-state index < -0.39 is 0 Å². The molecule has 0 aromatic heterocycles. The van der Waals surface area contributed by atoms with Gasteiger partial charge in [0.1, 0.15) is 0 Å². The third-order valence-corrected chi connectivity index (χ3v) is 2.99. The van der Waals surface area contributed by atoms with Crippen LogP contribution in [0.2, 0.25) is 0 Å². The smallest absolute Gasteiger partial charge is 0.251 e. The SMILES string of the molecule is CC(C)CCNC(=O)c1ccc(Br)c(N)c1. The van der Waals surface area contributed by atoms with Crippen molar-refractivity contribution in [2.75, 3.05) is 12.3 Å². The number of benzene rings is 1. The highest BCUT2D eigenvalue weighted by atomic mass is 79.9. The van der Waals surface area contributed by atoms with Crippen LogP contribution in [0.3, 0.4) is 0 Å². The molecule has 0 aliphatic rings. The van der Waals surface area contributed by atoms with Crippen LogP contribution in [0.4, 0.5) is 5.69 Å². The zero-order valence-corrected chi connectivity index (χ0v) is 11.2. The number of nitrogens with two attached hydrogens (primary N) is 1. The molecule has 0 spiro atoms. The summed E-state index contributed by atoms with van der Waals surface area (Å²) >= 11 is 3.29. The molecular weight excluding hydrogens is 268 g/mol. The summed E-state index contributed by atoms with van der Waals surface area (Å²) in [5.74, 6) is 0.523. The lowest BCUT2D eigenvalue weighted by atomic mass is 10.1. The quantitative estimate of drug-likeness (QED) is 0.836. The van der Waals surface area contributed by atoms with Gasteiger partial charge in [-0.15, -0.1) is 0 Å². The predicted molar refractivity (Wildman–Crippen MR) is 70.3 cm³/mol. The maximum absolute atomic E-state index is 11.7. The van der Waals surface area contributed by atoms with Gasteiger partial charge in [-0.3, -0.25) is 4.79 Å². The fourth-order valence-electron chi connectivity index (χ4n) is 1.26. The monoisotopic (exact) mass is 284 g/mol. The molecule has 16 heavy (non-hydrogen) atoms. The number of amides is 1. The average Bonchev–Trinajstić information content (AvgIpc) is 2.21. The lowest BCUT2D eigenvalue weighted by Gasteiger charge is -2.08. The van der Waals surface area contributed by atoms with E-state index in [1.54, 1.807) is 18.2 Å². The van der Waals surface area contributed by atoms with Crippen molar-refractivity contribution in [1.29, 1.82) is 0 Å². The van der Waals surface area contributed by atoms with Crippen LogP contribution in [-0.4, -0.2) is 12.5 Å². The predicted octanol–water partition coefficient (Wildman–Crippen LogP) is 2.81. The number of hydrogen-bond acceptors (Lipinski definition) is 2. The summed E-state index contributed by atoms with van der Waals surface area (Å²) in [6.07, 6.45) is 0.984. The van der Waals surface area contributed by atoms with E-state index in [4.69, 9.17) is 5.73 Å². The van der Waals surface area contributed by atoms with Crippen molar-refractivity contribution in [2.24, 2.45) is 5.92 Å². The topological polar surface area (TPSA) is 55.1 Å². The highest BCUT2D eigenvalue weighted by molar-refractivity contribution is 9.10. The van der Waals surface area contributed by atoms with E-state index in [9.17, 15) is 4.79 Å². The average molecular weight is 285 g/mol. The molecule has 0 atom stereocenters. The van der Waals surface area contributed by atoms with E-state index in [0.717, 1.165) is 10.9 Å². The van der Waals surface area contributed by atoms with Gasteiger partial charge >= 0.3 is 0 Å². The zero-order chi connectivity index (χ0) is 12.1. The largest absolute Gasteiger partial charge is 0.398 e. The molecule has 0 saturated carbocycles. The van der Waals surface area contributed by atoms with Gasteiger partial charge in [0.05, 0.1) is 0 Å². The van der Waals surface area contributed by atoms with Crippen molar-refractivity contribution in [1.82, 2.24) is 5.32 Å². The summed E-state index contributed by atoms with van der Waals surface area (Å²) in [4.78, 5) is 11.7. The first kappa shape index (κ1) is 13.0. The molecule has 0 bridgehead atoms. The van der Waals surface area contributed by atoms with Crippen molar-refractivity contribution >= 4 is 27.5 Å². The maximum atomic E-state index is 11.7. The second-order valence-electron chi connectivity index (χ2n) is 4.17. The van der Waals surface area contributed by atoms with Crippen molar-refractivity contribution < 1.29 is 4.79 Å². The summed E-state index contributed by atoms with van der Waals surface area (Å²) in [7, 11) is 0. The Hall–Kier alpha value is -1.03. The molecule has 4 heteroatoms. The minimum absolute atomic E-state index is 0.0696. The van der Waals surface area contributed by atoms with Gasteiger partial charge in [0.25, 0.3) is 5.91 Å². The van der Waals surface area contributed by atoms with Crippen LogP contribution >= 0.6 is 15.9 Å². The van der Waals surface area contributed by atoms with Crippen molar-refractivity contribution in [3.8, 4) is 0 Å². The summed E-state index contributed by atoms with van der Waals surface area (Å²) < 4.78 is 0.811. The fraction of sp³-hybridized carbons (Fsp3) is 0.417. The lowest BCUT2D eigenvalue weighted by Crippen LogP contribution is -2.25. The molecule has 88 valence electrons. The molecule has 0 saturated heterocycles. The highest BCUT2D eigenvalue weighted by Gasteiger charge is 2.06. The Morgan fingerprint density at radius 3 is 2.75 bits per heavy atom. The van der Waals surface area contributed by atoms with Gasteiger partial charge in [-0.1, -0.05) is 13.8 Å². The number of rotatable bonds is 4. The summed E-state index contributed by atoms with van der Waals surface area (Å²) in [6, 6.07) is 5.21. The fourth-order valence-corrected chi connectivity index (χ4v) is 1.51. The van der Waals surface area contributed by atoms with E-state index in [0.29, 0.717) is 23.7 Å².